The van der Waals surface area contributed by atoms with Crippen molar-refractivity contribution in [1.29, 1.82) is 0 Å². The highest BCUT2D eigenvalue weighted by Crippen LogP contribution is 2.24. The van der Waals surface area contributed by atoms with E-state index in [1.165, 1.54) is 38.1 Å². The fourth-order valence-corrected chi connectivity index (χ4v) is 2.99. The molecule has 0 radical (unpaired) electrons. The molecule has 1 fully saturated rings. The van der Waals surface area contributed by atoms with Gasteiger partial charge in [0.25, 0.3) is 0 Å². The molecule has 3 heteroatoms. The van der Waals surface area contributed by atoms with E-state index >= 15 is 0 Å². The molecular formula is C13H28N2S. The van der Waals surface area contributed by atoms with Gasteiger partial charge in [0.05, 0.1) is 0 Å². The van der Waals surface area contributed by atoms with Gasteiger partial charge in [0.1, 0.15) is 0 Å². The van der Waals surface area contributed by atoms with E-state index in [-0.39, 0.29) is 0 Å². The maximum Gasteiger partial charge on any atom is 0.0218 e. The van der Waals surface area contributed by atoms with Crippen molar-refractivity contribution in [2.75, 3.05) is 31.6 Å². The molecule has 1 saturated heterocycles. The van der Waals surface area contributed by atoms with Crippen LogP contribution in [-0.2, 0) is 0 Å². The number of nitrogens with two attached hydrogens (primary N) is 1. The Morgan fingerprint density at radius 3 is 2.69 bits per heavy atom. The smallest absolute Gasteiger partial charge is 0.0218 e. The minimum Gasteiger partial charge on any atom is -0.329 e. The first-order chi connectivity index (χ1) is 7.69. The lowest BCUT2D eigenvalue weighted by Gasteiger charge is -2.40. The van der Waals surface area contributed by atoms with Crippen molar-refractivity contribution in [3.63, 3.8) is 0 Å². The summed E-state index contributed by atoms with van der Waals surface area (Å²) in [5.74, 6) is 3.00. The minimum atomic E-state index is 0.627. The molecule has 1 heterocycles. The Bertz CT molecular complexity index is 187. The summed E-state index contributed by atoms with van der Waals surface area (Å²) in [4.78, 5) is 2.63. The molecular weight excluding hydrogens is 216 g/mol. The van der Waals surface area contributed by atoms with Crippen molar-refractivity contribution < 1.29 is 0 Å². The van der Waals surface area contributed by atoms with Gasteiger partial charge in [0.2, 0.25) is 0 Å². The number of piperidine rings is 1. The quantitative estimate of drug-likeness (QED) is 0.728. The predicted octanol–water partition coefficient (Wildman–Crippen LogP) is 2.43. The standard InChI is InChI=1S/C13H28N2S/c1-11-6-7-15(10-12(11)2)13(9-14)5-4-8-16-3/h11-13H,4-10,14H2,1-3H3. The molecule has 0 aromatic heterocycles. The number of hydrogen-bond donors (Lipinski definition) is 1. The lowest BCUT2D eigenvalue weighted by atomic mass is 9.87. The predicted molar refractivity (Wildman–Crippen MR) is 75.0 cm³/mol. The highest BCUT2D eigenvalue weighted by Gasteiger charge is 2.26. The summed E-state index contributed by atoms with van der Waals surface area (Å²) < 4.78 is 0. The molecule has 1 aliphatic heterocycles. The summed E-state index contributed by atoms with van der Waals surface area (Å²) in [5.41, 5.74) is 5.92. The first-order valence-corrected chi connectivity index (χ1v) is 8.01. The Morgan fingerprint density at radius 2 is 2.12 bits per heavy atom. The zero-order valence-corrected chi connectivity index (χ0v) is 11.9. The van der Waals surface area contributed by atoms with Crippen LogP contribution < -0.4 is 5.73 Å². The van der Waals surface area contributed by atoms with Gasteiger partial charge in [-0.2, -0.15) is 11.8 Å². The topological polar surface area (TPSA) is 29.3 Å². The van der Waals surface area contributed by atoms with Gasteiger partial charge in [-0.25, -0.2) is 0 Å². The summed E-state index contributed by atoms with van der Waals surface area (Å²) in [6.07, 6.45) is 6.12. The molecule has 16 heavy (non-hydrogen) atoms. The molecule has 1 rings (SSSR count). The number of nitrogens with zero attached hydrogens (tertiary/aromatic N) is 1. The van der Waals surface area contributed by atoms with Gasteiger partial charge in [-0.15, -0.1) is 0 Å². The molecule has 96 valence electrons. The van der Waals surface area contributed by atoms with Gasteiger partial charge >= 0.3 is 0 Å². The maximum atomic E-state index is 5.92. The number of hydrogen-bond acceptors (Lipinski definition) is 3. The molecule has 0 aromatic carbocycles. The third kappa shape index (κ3) is 4.27. The summed E-state index contributed by atoms with van der Waals surface area (Å²) in [7, 11) is 0. The van der Waals surface area contributed by atoms with Crippen molar-refractivity contribution in [2.24, 2.45) is 17.6 Å². The Morgan fingerprint density at radius 1 is 1.38 bits per heavy atom. The molecule has 3 unspecified atom stereocenters. The molecule has 0 aliphatic carbocycles. The molecule has 2 N–H and O–H groups in total. The fraction of sp³-hybridized carbons (Fsp3) is 1.00. The number of thioether (sulfide) groups is 1. The second kappa shape index (κ2) is 7.57. The summed E-state index contributed by atoms with van der Waals surface area (Å²) in [5, 5.41) is 0. The van der Waals surface area contributed by atoms with Crippen LogP contribution in [0.2, 0.25) is 0 Å². The second-order valence-electron chi connectivity index (χ2n) is 5.26. The van der Waals surface area contributed by atoms with Crippen LogP contribution in [0.4, 0.5) is 0 Å². The Balaban J connectivity index is 2.34. The minimum absolute atomic E-state index is 0.627. The molecule has 0 bridgehead atoms. The Labute approximate surface area is 105 Å². The van der Waals surface area contributed by atoms with Crippen molar-refractivity contribution in [1.82, 2.24) is 4.90 Å². The monoisotopic (exact) mass is 244 g/mol. The van der Waals surface area contributed by atoms with Crippen LogP contribution in [0.5, 0.6) is 0 Å². The number of rotatable bonds is 6. The van der Waals surface area contributed by atoms with Crippen molar-refractivity contribution >= 4 is 11.8 Å². The largest absolute Gasteiger partial charge is 0.329 e. The molecule has 0 amide bonds. The van der Waals surface area contributed by atoms with Gasteiger partial charge in [-0.1, -0.05) is 13.8 Å². The molecule has 0 aromatic rings. The SMILES string of the molecule is CSCCCC(CN)N1CCC(C)C(C)C1. The van der Waals surface area contributed by atoms with Gasteiger partial charge in [-0.05, 0) is 49.7 Å². The van der Waals surface area contributed by atoms with Crippen LogP contribution in [0.3, 0.4) is 0 Å². The molecule has 3 atom stereocenters. The summed E-state index contributed by atoms with van der Waals surface area (Å²) in [6.45, 7) is 8.10. The second-order valence-corrected chi connectivity index (χ2v) is 6.25. The summed E-state index contributed by atoms with van der Waals surface area (Å²) in [6, 6.07) is 0.627. The summed E-state index contributed by atoms with van der Waals surface area (Å²) >= 11 is 1.94. The normalized spacial score (nSPS) is 29.2. The zero-order chi connectivity index (χ0) is 12.0. The van der Waals surface area contributed by atoms with E-state index in [9.17, 15) is 0 Å². The van der Waals surface area contributed by atoms with Crippen molar-refractivity contribution in [3.8, 4) is 0 Å². The first kappa shape index (κ1) is 14.3. The zero-order valence-electron chi connectivity index (χ0n) is 11.1. The van der Waals surface area contributed by atoms with E-state index in [1.807, 2.05) is 11.8 Å². The third-order valence-corrected chi connectivity index (χ3v) is 4.74. The molecule has 0 saturated carbocycles. The van der Waals surface area contributed by atoms with Crippen molar-refractivity contribution in [3.05, 3.63) is 0 Å². The molecule has 0 spiro atoms. The van der Waals surface area contributed by atoms with Crippen LogP contribution in [0.1, 0.15) is 33.1 Å². The fourth-order valence-electron chi connectivity index (χ4n) is 2.54. The number of likely N-dealkylation sites (tertiary alicyclic amines) is 1. The van der Waals surface area contributed by atoms with Crippen LogP contribution in [0.25, 0.3) is 0 Å². The lowest BCUT2D eigenvalue weighted by molar-refractivity contribution is 0.0940. The molecule has 2 nitrogen and oxygen atoms in total. The van der Waals surface area contributed by atoms with E-state index in [2.05, 4.69) is 25.0 Å². The highest BCUT2D eigenvalue weighted by atomic mass is 32.2. The van der Waals surface area contributed by atoms with E-state index < -0.39 is 0 Å². The first-order valence-electron chi connectivity index (χ1n) is 6.62. The lowest BCUT2D eigenvalue weighted by Crippen LogP contribution is -2.47. The van der Waals surface area contributed by atoms with Crippen LogP contribution in [0.15, 0.2) is 0 Å². The van der Waals surface area contributed by atoms with E-state index in [4.69, 9.17) is 5.73 Å². The highest BCUT2D eigenvalue weighted by molar-refractivity contribution is 7.98. The van der Waals surface area contributed by atoms with Gasteiger partial charge in [0, 0.05) is 19.1 Å². The van der Waals surface area contributed by atoms with Gasteiger partial charge in [-0.3, -0.25) is 4.90 Å². The van der Waals surface area contributed by atoms with Crippen LogP contribution in [-0.4, -0.2) is 42.6 Å². The Kier molecular flexibility index (Phi) is 6.78. The average molecular weight is 244 g/mol. The Hall–Kier alpha value is 0.270. The van der Waals surface area contributed by atoms with Crippen molar-refractivity contribution in [2.45, 2.75) is 39.2 Å². The maximum absolute atomic E-state index is 5.92. The van der Waals surface area contributed by atoms with E-state index in [1.54, 1.807) is 0 Å². The average Bonchev–Trinajstić information content (AvgIpc) is 2.29. The van der Waals surface area contributed by atoms with E-state index in [0.29, 0.717) is 6.04 Å². The van der Waals surface area contributed by atoms with Crippen LogP contribution >= 0.6 is 11.8 Å². The third-order valence-electron chi connectivity index (χ3n) is 4.04. The van der Waals surface area contributed by atoms with Gasteiger partial charge in [0.15, 0.2) is 0 Å². The molecule has 1 aliphatic rings. The van der Waals surface area contributed by atoms with Gasteiger partial charge < -0.3 is 5.73 Å². The van der Waals surface area contributed by atoms with Crippen LogP contribution in [0, 0.1) is 11.8 Å². The van der Waals surface area contributed by atoms with E-state index in [0.717, 1.165) is 18.4 Å².